The molecule has 0 radical (unpaired) electrons. The number of halogens is 1. The predicted molar refractivity (Wildman–Crippen MR) is 57.3 cm³/mol. The zero-order chi connectivity index (χ0) is 9.72. The van der Waals surface area contributed by atoms with Crippen molar-refractivity contribution < 1.29 is 0 Å². The average Bonchev–Trinajstić information content (AvgIpc) is 1.98. The van der Waals surface area contributed by atoms with Gasteiger partial charge in [-0.2, -0.15) is 0 Å². The topological polar surface area (TPSA) is 0 Å². The largest absolute Gasteiger partial charge is 0.0961 e. The fraction of sp³-hybridized carbons (Fsp3) is 0.455. The summed E-state index contributed by atoms with van der Waals surface area (Å²) in [7, 11) is 0. The molecule has 0 amide bonds. The SMILES string of the molecule is C=C(C)/C=C(\C(Cl)=C/C)C(C)C. The first-order chi connectivity index (χ1) is 5.49. The zero-order valence-corrected chi connectivity index (χ0v) is 9.07. The monoisotopic (exact) mass is 184 g/mol. The van der Waals surface area contributed by atoms with Crippen molar-refractivity contribution in [3.63, 3.8) is 0 Å². The minimum absolute atomic E-state index is 0.449. The Hall–Kier alpha value is -0.490. The van der Waals surface area contributed by atoms with Crippen molar-refractivity contribution in [3.05, 3.63) is 34.9 Å². The quantitative estimate of drug-likeness (QED) is 0.575. The lowest BCUT2D eigenvalue weighted by Crippen LogP contribution is -1.94. The van der Waals surface area contributed by atoms with E-state index in [9.17, 15) is 0 Å². The molecule has 0 spiro atoms. The molecule has 0 aliphatic rings. The van der Waals surface area contributed by atoms with Gasteiger partial charge in [0, 0.05) is 5.03 Å². The highest BCUT2D eigenvalue weighted by Crippen LogP contribution is 2.23. The number of rotatable bonds is 3. The van der Waals surface area contributed by atoms with E-state index in [2.05, 4.69) is 20.4 Å². The summed E-state index contributed by atoms with van der Waals surface area (Å²) in [6, 6.07) is 0. The maximum absolute atomic E-state index is 6.02. The second kappa shape index (κ2) is 5.21. The molecule has 1 heteroatoms. The van der Waals surface area contributed by atoms with Crippen molar-refractivity contribution in [3.8, 4) is 0 Å². The lowest BCUT2D eigenvalue weighted by Gasteiger charge is -2.09. The Morgan fingerprint density at radius 2 is 1.92 bits per heavy atom. The summed E-state index contributed by atoms with van der Waals surface area (Å²) in [5, 5.41) is 0.827. The van der Waals surface area contributed by atoms with Crippen LogP contribution in [0.5, 0.6) is 0 Å². The molecular formula is C11H17Cl. The third-order valence-electron chi connectivity index (χ3n) is 1.55. The van der Waals surface area contributed by atoms with E-state index >= 15 is 0 Å². The van der Waals surface area contributed by atoms with E-state index < -0.39 is 0 Å². The van der Waals surface area contributed by atoms with E-state index in [1.165, 1.54) is 0 Å². The highest BCUT2D eigenvalue weighted by Gasteiger charge is 2.05. The molecule has 0 atom stereocenters. The van der Waals surface area contributed by atoms with Crippen LogP contribution in [0.3, 0.4) is 0 Å². The van der Waals surface area contributed by atoms with Gasteiger partial charge in [0.25, 0.3) is 0 Å². The van der Waals surface area contributed by atoms with Crippen LogP contribution in [-0.4, -0.2) is 0 Å². The van der Waals surface area contributed by atoms with E-state index in [1.54, 1.807) is 0 Å². The maximum atomic E-state index is 6.02. The summed E-state index contributed by atoms with van der Waals surface area (Å²) in [4.78, 5) is 0. The van der Waals surface area contributed by atoms with Crippen molar-refractivity contribution in [2.24, 2.45) is 5.92 Å². The smallest absolute Gasteiger partial charge is 0.0398 e. The summed E-state index contributed by atoms with van der Waals surface area (Å²) >= 11 is 6.02. The van der Waals surface area contributed by atoms with Crippen molar-refractivity contribution in [2.75, 3.05) is 0 Å². The third kappa shape index (κ3) is 3.77. The Morgan fingerprint density at radius 1 is 1.42 bits per heavy atom. The van der Waals surface area contributed by atoms with Gasteiger partial charge in [0.15, 0.2) is 0 Å². The van der Waals surface area contributed by atoms with E-state index in [1.807, 2.05) is 26.0 Å². The summed E-state index contributed by atoms with van der Waals surface area (Å²) in [6.45, 7) is 12.0. The normalized spacial score (nSPS) is 13.8. The molecule has 0 aromatic heterocycles. The fourth-order valence-corrected chi connectivity index (χ4v) is 1.22. The highest BCUT2D eigenvalue weighted by molar-refractivity contribution is 6.32. The van der Waals surface area contributed by atoms with Gasteiger partial charge in [-0.25, -0.2) is 0 Å². The van der Waals surface area contributed by atoms with Crippen LogP contribution in [0.1, 0.15) is 27.7 Å². The Morgan fingerprint density at radius 3 is 2.17 bits per heavy atom. The Kier molecular flexibility index (Phi) is 5.00. The summed E-state index contributed by atoms with van der Waals surface area (Å²) < 4.78 is 0. The van der Waals surface area contributed by atoms with Gasteiger partial charge in [0.05, 0.1) is 0 Å². The molecule has 0 aromatic carbocycles. The lowest BCUT2D eigenvalue weighted by molar-refractivity contribution is 0.786. The molecule has 0 aliphatic heterocycles. The standard InChI is InChI=1S/C11H17Cl/c1-6-11(12)10(9(4)5)7-8(2)3/h6-7,9H,2H2,1,3-5H3/b10-7-,11-6+. The van der Waals surface area contributed by atoms with Crippen LogP contribution in [0.15, 0.2) is 34.9 Å². The number of hydrogen-bond donors (Lipinski definition) is 0. The summed E-state index contributed by atoms with van der Waals surface area (Å²) in [5.41, 5.74) is 2.20. The van der Waals surface area contributed by atoms with Gasteiger partial charge >= 0.3 is 0 Å². The molecular weight excluding hydrogens is 168 g/mol. The van der Waals surface area contributed by atoms with Gasteiger partial charge in [0.2, 0.25) is 0 Å². The molecule has 12 heavy (non-hydrogen) atoms. The van der Waals surface area contributed by atoms with Crippen LogP contribution in [0.4, 0.5) is 0 Å². The molecule has 0 fully saturated rings. The van der Waals surface area contributed by atoms with Crippen molar-refractivity contribution in [1.29, 1.82) is 0 Å². The van der Waals surface area contributed by atoms with E-state index in [-0.39, 0.29) is 0 Å². The van der Waals surface area contributed by atoms with Crippen LogP contribution < -0.4 is 0 Å². The van der Waals surface area contributed by atoms with Crippen molar-refractivity contribution >= 4 is 11.6 Å². The van der Waals surface area contributed by atoms with E-state index in [0.29, 0.717) is 5.92 Å². The molecule has 0 saturated heterocycles. The van der Waals surface area contributed by atoms with E-state index in [0.717, 1.165) is 16.2 Å². The van der Waals surface area contributed by atoms with Gasteiger partial charge in [0.1, 0.15) is 0 Å². The second-order valence-electron chi connectivity index (χ2n) is 3.24. The summed E-state index contributed by atoms with van der Waals surface area (Å²) in [5.74, 6) is 0.449. The molecule has 0 aromatic rings. The van der Waals surface area contributed by atoms with Gasteiger partial charge in [-0.1, -0.05) is 49.8 Å². The molecule has 0 aliphatic carbocycles. The molecule has 0 heterocycles. The van der Waals surface area contributed by atoms with E-state index in [4.69, 9.17) is 11.6 Å². The molecule has 0 bridgehead atoms. The molecule has 0 unspecified atom stereocenters. The Labute approximate surface area is 80.6 Å². The van der Waals surface area contributed by atoms with Gasteiger partial charge < -0.3 is 0 Å². The molecule has 0 nitrogen and oxygen atoms in total. The van der Waals surface area contributed by atoms with Crippen molar-refractivity contribution in [2.45, 2.75) is 27.7 Å². The minimum atomic E-state index is 0.449. The van der Waals surface area contributed by atoms with Crippen LogP contribution in [0.2, 0.25) is 0 Å². The van der Waals surface area contributed by atoms with Gasteiger partial charge in [-0.15, -0.1) is 0 Å². The van der Waals surface area contributed by atoms with Gasteiger partial charge in [-0.3, -0.25) is 0 Å². The molecule has 0 rings (SSSR count). The number of allylic oxidation sites excluding steroid dienone is 5. The van der Waals surface area contributed by atoms with Gasteiger partial charge in [-0.05, 0) is 25.3 Å². The minimum Gasteiger partial charge on any atom is -0.0961 e. The predicted octanol–water partition coefficient (Wildman–Crippen LogP) is 4.29. The molecule has 0 saturated carbocycles. The van der Waals surface area contributed by atoms with Crippen LogP contribution in [-0.2, 0) is 0 Å². The molecule has 0 N–H and O–H groups in total. The Balaban J connectivity index is 4.79. The van der Waals surface area contributed by atoms with Crippen LogP contribution in [0.25, 0.3) is 0 Å². The molecule has 68 valence electrons. The van der Waals surface area contributed by atoms with Crippen LogP contribution >= 0.6 is 11.6 Å². The first-order valence-electron chi connectivity index (χ1n) is 4.18. The maximum Gasteiger partial charge on any atom is 0.0398 e. The lowest BCUT2D eigenvalue weighted by atomic mass is 10.0. The second-order valence-corrected chi connectivity index (χ2v) is 3.64. The third-order valence-corrected chi connectivity index (χ3v) is 1.99. The number of hydrogen-bond acceptors (Lipinski definition) is 0. The van der Waals surface area contributed by atoms with Crippen molar-refractivity contribution in [1.82, 2.24) is 0 Å². The fourth-order valence-electron chi connectivity index (χ4n) is 0.944. The Bertz CT molecular complexity index is 219. The first kappa shape index (κ1) is 11.5. The highest BCUT2D eigenvalue weighted by atomic mass is 35.5. The zero-order valence-electron chi connectivity index (χ0n) is 8.32. The summed E-state index contributed by atoms with van der Waals surface area (Å²) in [6.07, 6.45) is 3.95. The van der Waals surface area contributed by atoms with Crippen LogP contribution in [0, 0.1) is 5.92 Å². The average molecular weight is 185 g/mol. The first-order valence-corrected chi connectivity index (χ1v) is 4.56.